The Balaban J connectivity index is 3.41. The molecule has 104 valence electrons. The number of carboxylic acid groups (broad SMARTS) is 2. The van der Waals surface area contributed by atoms with Crippen LogP contribution in [0.5, 0.6) is 0 Å². The van der Waals surface area contributed by atoms with E-state index in [9.17, 15) is 23.9 Å². The Hall–Kier alpha value is -1.73. The lowest BCUT2D eigenvalue weighted by molar-refractivity contribution is -0.163. The molecule has 0 radical (unpaired) electrons. The van der Waals surface area contributed by atoms with Gasteiger partial charge in [0.2, 0.25) is 0 Å². The molecule has 1 aromatic rings. The Morgan fingerprint density at radius 2 is 1.68 bits per heavy atom. The van der Waals surface area contributed by atoms with Crippen LogP contribution in [0.25, 0.3) is 0 Å². The first kappa shape index (κ1) is 15.3. The van der Waals surface area contributed by atoms with E-state index >= 15 is 0 Å². The molecule has 0 aliphatic heterocycles. The van der Waals surface area contributed by atoms with E-state index in [0.29, 0.717) is 0 Å². The van der Waals surface area contributed by atoms with Crippen molar-refractivity contribution in [2.45, 2.75) is 5.34 Å². The van der Waals surface area contributed by atoms with E-state index in [2.05, 4.69) is 4.74 Å². The highest BCUT2D eigenvalue weighted by molar-refractivity contribution is 7.54. The SMILES string of the molecule is O=C(O)COC(C(=O)O)(c1ccccc1)P(=O)(O)O. The summed E-state index contributed by atoms with van der Waals surface area (Å²) >= 11 is 0. The fraction of sp³-hybridized carbons (Fsp3) is 0.200. The molecule has 9 heteroatoms. The molecule has 0 saturated heterocycles. The van der Waals surface area contributed by atoms with E-state index in [4.69, 9.17) is 10.2 Å². The number of ether oxygens (including phenoxy) is 1. The Morgan fingerprint density at radius 3 is 2.05 bits per heavy atom. The second kappa shape index (κ2) is 5.50. The Labute approximate surface area is 107 Å². The summed E-state index contributed by atoms with van der Waals surface area (Å²) in [5, 5.41) is 14.6. The van der Waals surface area contributed by atoms with Crippen LogP contribution in [0.15, 0.2) is 30.3 Å². The molecule has 19 heavy (non-hydrogen) atoms. The van der Waals surface area contributed by atoms with Crippen LogP contribution < -0.4 is 0 Å². The van der Waals surface area contributed by atoms with Crippen molar-refractivity contribution in [3.8, 4) is 0 Å². The van der Waals surface area contributed by atoms with Crippen LogP contribution in [0.4, 0.5) is 0 Å². The van der Waals surface area contributed by atoms with E-state index in [-0.39, 0.29) is 5.56 Å². The fourth-order valence-electron chi connectivity index (χ4n) is 1.48. The van der Waals surface area contributed by atoms with Gasteiger partial charge in [0.1, 0.15) is 6.61 Å². The van der Waals surface area contributed by atoms with Gasteiger partial charge in [0.25, 0.3) is 5.34 Å². The average molecular weight is 290 g/mol. The first-order chi connectivity index (χ1) is 8.72. The number of hydrogen-bond acceptors (Lipinski definition) is 4. The van der Waals surface area contributed by atoms with E-state index in [1.54, 1.807) is 0 Å². The van der Waals surface area contributed by atoms with Crippen LogP contribution in [0.3, 0.4) is 0 Å². The number of hydrogen-bond donors (Lipinski definition) is 4. The topological polar surface area (TPSA) is 141 Å². The van der Waals surface area contributed by atoms with Crippen LogP contribution in [-0.2, 0) is 24.2 Å². The molecule has 0 aliphatic carbocycles. The van der Waals surface area contributed by atoms with Gasteiger partial charge in [0.05, 0.1) is 0 Å². The molecule has 0 aromatic heterocycles. The first-order valence-electron chi connectivity index (χ1n) is 4.92. The highest BCUT2D eigenvalue weighted by atomic mass is 31.2. The molecule has 1 rings (SSSR count). The van der Waals surface area contributed by atoms with Crippen molar-refractivity contribution in [1.29, 1.82) is 0 Å². The highest BCUT2D eigenvalue weighted by Crippen LogP contribution is 2.57. The zero-order valence-corrected chi connectivity index (χ0v) is 10.4. The number of carboxylic acids is 2. The highest BCUT2D eigenvalue weighted by Gasteiger charge is 2.57. The Morgan fingerprint density at radius 1 is 1.16 bits per heavy atom. The predicted molar refractivity (Wildman–Crippen MR) is 61.4 cm³/mol. The maximum absolute atomic E-state index is 11.5. The van der Waals surface area contributed by atoms with Crippen LogP contribution in [0.1, 0.15) is 5.56 Å². The molecule has 1 aromatic carbocycles. The molecule has 0 spiro atoms. The van der Waals surface area contributed by atoms with Crippen molar-refractivity contribution < 1.29 is 38.9 Å². The third kappa shape index (κ3) is 2.99. The van der Waals surface area contributed by atoms with E-state index in [1.165, 1.54) is 18.2 Å². The van der Waals surface area contributed by atoms with Gasteiger partial charge in [-0.2, -0.15) is 0 Å². The van der Waals surface area contributed by atoms with Gasteiger partial charge in [-0.15, -0.1) is 0 Å². The van der Waals surface area contributed by atoms with Crippen LogP contribution in [-0.4, -0.2) is 38.5 Å². The molecule has 0 bridgehead atoms. The maximum Gasteiger partial charge on any atom is 0.373 e. The zero-order chi connectivity index (χ0) is 14.7. The van der Waals surface area contributed by atoms with Crippen molar-refractivity contribution >= 4 is 19.5 Å². The van der Waals surface area contributed by atoms with Crippen LogP contribution in [0, 0.1) is 0 Å². The summed E-state index contributed by atoms with van der Waals surface area (Å²) < 4.78 is 16.0. The number of carbonyl (C=O) groups is 2. The van der Waals surface area contributed by atoms with Crippen molar-refractivity contribution in [3.63, 3.8) is 0 Å². The third-order valence-electron chi connectivity index (χ3n) is 2.27. The van der Waals surface area contributed by atoms with E-state index in [1.807, 2.05) is 0 Å². The van der Waals surface area contributed by atoms with Gasteiger partial charge in [0.15, 0.2) is 0 Å². The minimum absolute atomic E-state index is 0.336. The smallest absolute Gasteiger partial charge is 0.373 e. The van der Waals surface area contributed by atoms with Gasteiger partial charge in [-0.05, 0) is 0 Å². The normalized spacial score (nSPS) is 14.6. The maximum atomic E-state index is 11.5. The number of aliphatic carboxylic acids is 2. The number of rotatable bonds is 6. The van der Waals surface area contributed by atoms with Gasteiger partial charge >= 0.3 is 19.5 Å². The Kier molecular flexibility index (Phi) is 4.43. The summed E-state index contributed by atoms with van der Waals surface area (Å²) in [6.07, 6.45) is 0. The molecular weight excluding hydrogens is 279 g/mol. The predicted octanol–water partition coefficient (Wildman–Crippen LogP) is 0.203. The van der Waals surface area contributed by atoms with E-state index in [0.717, 1.165) is 12.1 Å². The monoisotopic (exact) mass is 290 g/mol. The van der Waals surface area contributed by atoms with Crippen molar-refractivity contribution in [2.24, 2.45) is 0 Å². The third-order valence-corrected chi connectivity index (χ3v) is 3.67. The zero-order valence-electron chi connectivity index (χ0n) is 9.46. The molecule has 1 unspecified atom stereocenters. The molecule has 0 amide bonds. The van der Waals surface area contributed by atoms with Crippen molar-refractivity contribution in [1.82, 2.24) is 0 Å². The van der Waals surface area contributed by atoms with Gasteiger partial charge in [-0.3, -0.25) is 4.57 Å². The summed E-state index contributed by atoms with van der Waals surface area (Å²) in [4.78, 5) is 40.3. The summed E-state index contributed by atoms with van der Waals surface area (Å²) in [6.45, 7) is -1.16. The first-order valence-corrected chi connectivity index (χ1v) is 6.53. The number of benzene rings is 1. The lowest BCUT2D eigenvalue weighted by atomic mass is 10.1. The minimum atomic E-state index is -5.33. The average Bonchev–Trinajstić information content (AvgIpc) is 2.28. The second-order valence-corrected chi connectivity index (χ2v) is 5.26. The van der Waals surface area contributed by atoms with E-state index < -0.39 is 31.5 Å². The molecule has 0 saturated carbocycles. The van der Waals surface area contributed by atoms with Crippen LogP contribution in [0.2, 0.25) is 0 Å². The minimum Gasteiger partial charge on any atom is -0.480 e. The van der Waals surface area contributed by atoms with Gasteiger partial charge in [0, 0.05) is 5.56 Å². The van der Waals surface area contributed by atoms with Gasteiger partial charge in [-0.1, -0.05) is 30.3 Å². The summed E-state index contributed by atoms with van der Waals surface area (Å²) in [6, 6.07) is 6.48. The Bertz CT molecular complexity index is 522. The second-order valence-electron chi connectivity index (χ2n) is 3.54. The standard InChI is InChI=1S/C10H11O8P/c11-8(12)6-18-10(9(13)14,19(15,16)17)7-4-2-1-3-5-7/h1-5H,6H2,(H,11,12)(H,13,14)(H2,15,16,17). The van der Waals surface area contributed by atoms with Crippen molar-refractivity contribution in [2.75, 3.05) is 6.61 Å². The van der Waals surface area contributed by atoms with Crippen LogP contribution >= 0.6 is 7.60 Å². The molecule has 0 aliphatic rings. The molecular formula is C10H11O8P. The summed E-state index contributed by atoms with van der Waals surface area (Å²) in [5.74, 6) is -3.51. The summed E-state index contributed by atoms with van der Waals surface area (Å²) in [5.41, 5.74) is -0.336. The molecule has 0 fully saturated rings. The van der Waals surface area contributed by atoms with Gasteiger partial charge < -0.3 is 24.7 Å². The lowest BCUT2D eigenvalue weighted by Crippen LogP contribution is -2.40. The molecule has 1 atom stereocenters. The summed E-state index contributed by atoms with van der Waals surface area (Å²) in [7, 11) is -5.33. The lowest BCUT2D eigenvalue weighted by Gasteiger charge is -2.29. The van der Waals surface area contributed by atoms with Crippen molar-refractivity contribution in [3.05, 3.63) is 35.9 Å². The molecule has 0 heterocycles. The quantitative estimate of drug-likeness (QED) is 0.544. The largest absolute Gasteiger partial charge is 0.480 e. The molecule has 8 nitrogen and oxygen atoms in total. The molecule has 4 N–H and O–H groups in total. The fourth-order valence-corrected chi connectivity index (χ4v) is 2.44. The van der Waals surface area contributed by atoms with Gasteiger partial charge in [-0.25, -0.2) is 9.59 Å².